The molecule has 6 rings (SSSR count). The van der Waals surface area contributed by atoms with E-state index < -0.39 is 10.0 Å². The number of aromatic nitrogens is 2. The number of rotatable bonds is 4. The molecule has 0 aliphatic carbocycles. The summed E-state index contributed by atoms with van der Waals surface area (Å²) in [5.74, 6) is 0.651. The lowest BCUT2D eigenvalue weighted by atomic mass is 9.73. The molecule has 0 saturated carbocycles. The van der Waals surface area contributed by atoms with Gasteiger partial charge in [-0.3, -0.25) is 4.98 Å². The van der Waals surface area contributed by atoms with Crippen LogP contribution in [0.4, 0.5) is 5.13 Å². The maximum absolute atomic E-state index is 13.0. The van der Waals surface area contributed by atoms with Crippen molar-refractivity contribution in [3.8, 4) is 5.75 Å². The molecular weight excluding hydrogens is 524 g/mol. The Morgan fingerprint density at radius 2 is 1.83 bits per heavy atom. The Kier molecular flexibility index (Phi) is 7.00. The van der Waals surface area contributed by atoms with Gasteiger partial charge < -0.3 is 9.64 Å². The summed E-state index contributed by atoms with van der Waals surface area (Å²) < 4.78 is 33.8. The van der Waals surface area contributed by atoms with E-state index in [0.717, 1.165) is 46.3 Å². The highest BCUT2D eigenvalue weighted by Gasteiger charge is 2.47. The van der Waals surface area contributed by atoms with Crippen LogP contribution in [-0.4, -0.2) is 56.0 Å². The van der Waals surface area contributed by atoms with E-state index in [1.54, 1.807) is 70.1 Å². The first-order valence-corrected chi connectivity index (χ1v) is 14.7. The van der Waals surface area contributed by atoms with Gasteiger partial charge in [0, 0.05) is 48.2 Å². The Morgan fingerprint density at radius 1 is 1.09 bits per heavy atom. The van der Waals surface area contributed by atoms with E-state index in [1.165, 1.54) is 0 Å². The van der Waals surface area contributed by atoms with E-state index in [-0.39, 0.29) is 5.41 Å². The summed E-state index contributed by atoms with van der Waals surface area (Å²) in [6, 6.07) is 12.4. The zero-order valence-electron chi connectivity index (χ0n) is 19.1. The van der Waals surface area contributed by atoms with Crippen LogP contribution in [0.5, 0.6) is 5.75 Å². The van der Waals surface area contributed by atoms with Crippen LogP contribution in [0, 0.1) is 5.41 Å². The monoisotopic (exact) mass is 548 g/mol. The van der Waals surface area contributed by atoms with Crippen molar-refractivity contribution in [1.29, 1.82) is 0 Å². The van der Waals surface area contributed by atoms with Gasteiger partial charge in [0.15, 0.2) is 5.13 Å². The fourth-order valence-corrected chi connectivity index (χ4v) is 7.54. The van der Waals surface area contributed by atoms with E-state index in [9.17, 15) is 8.42 Å². The Hall–Kier alpha value is -2.24. The van der Waals surface area contributed by atoms with Gasteiger partial charge in [-0.1, -0.05) is 22.9 Å². The molecule has 2 fully saturated rings. The van der Waals surface area contributed by atoms with Crippen molar-refractivity contribution >= 4 is 59.6 Å². The number of methoxy groups -OCH3 is 1. The minimum absolute atomic E-state index is 0.182. The summed E-state index contributed by atoms with van der Waals surface area (Å²) in [7, 11) is -1.90. The second-order valence-electron chi connectivity index (χ2n) is 8.72. The van der Waals surface area contributed by atoms with Gasteiger partial charge in [-0.15, -0.1) is 11.3 Å². The number of sulfonamides is 1. The standard InChI is InChI=1S/C21H22ClN3O3S2.C3H3NS/c1-28-16-3-5-17(6-4-16)30(26,27)25-10-8-21(9-11-25)13-24(14-21)20-23-18-7-2-15(22)12-19(18)29-20;1-2-5-3-4-1/h2-7,12H,8-11,13-14H2,1H3;1-3H. The van der Waals surface area contributed by atoms with Crippen molar-refractivity contribution in [2.45, 2.75) is 17.7 Å². The molecule has 2 saturated heterocycles. The number of anilines is 1. The number of benzene rings is 2. The predicted molar refractivity (Wildman–Crippen MR) is 142 cm³/mol. The number of ether oxygens (including phenoxy) is 1. The lowest BCUT2D eigenvalue weighted by Gasteiger charge is -2.53. The third-order valence-corrected chi connectivity index (χ3v) is 10.2. The Balaban J connectivity index is 0.000000453. The van der Waals surface area contributed by atoms with E-state index in [2.05, 4.69) is 9.88 Å². The molecule has 7 nitrogen and oxygen atoms in total. The molecule has 0 radical (unpaired) electrons. The molecule has 2 aromatic heterocycles. The molecule has 0 bridgehead atoms. The minimum atomic E-state index is -3.47. The molecule has 11 heteroatoms. The van der Waals surface area contributed by atoms with Crippen molar-refractivity contribution in [1.82, 2.24) is 14.3 Å². The first-order chi connectivity index (χ1) is 16.9. The van der Waals surface area contributed by atoms with E-state index in [1.807, 2.05) is 23.6 Å². The number of nitrogens with zero attached hydrogens (tertiary/aromatic N) is 4. The smallest absolute Gasteiger partial charge is 0.243 e. The highest BCUT2D eigenvalue weighted by molar-refractivity contribution is 7.89. The number of hydrogen-bond donors (Lipinski definition) is 0. The normalized spacial score (nSPS) is 17.6. The SMILES string of the molecule is COc1ccc(S(=O)(=O)N2CCC3(CC2)CN(c2nc4ccc(Cl)cc4s2)C3)cc1.c1cscn1. The third-order valence-electron chi connectivity index (χ3n) is 6.49. The molecule has 0 unspecified atom stereocenters. The summed E-state index contributed by atoms with van der Waals surface area (Å²) in [6.45, 7) is 2.96. The van der Waals surface area contributed by atoms with Gasteiger partial charge in [0.1, 0.15) is 5.75 Å². The van der Waals surface area contributed by atoms with Crippen LogP contribution in [0.1, 0.15) is 12.8 Å². The molecule has 1 spiro atoms. The summed E-state index contributed by atoms with van der Waals surface area (Å²) in [4.78, 5) is 11.1. The van der Waals surface area contributed by atoms with Gasteiger partial charge in [0.25, 0.3) is 0 Å². The number of hydrogen-bond acceptors (Lipinski definition) is 8. The zero-order chi connectivity index (χ0) is 24.5. The van der Waals surface area contributed by atoms with Crippen molar-refractivity contribution in [3.05, 3.63) is 64.6 Å². The van der Waals surface area contributed by atoms with Gasteiger partial charge in [-0.05, 0) is 55.3 Å². The van der Waals surface area contributed by atoms with Gasteiger partial charge in [-0.25, -0.2) is 13.4 Å². The topological polar surface area (TPSA) is 75.6 Å². The van der Waals surface area contributed by atoms with E-state index in [0.29, 0.717) is 23.7 Å². The molecule has 0 N–H and O–H groups in total. The average molecular weight is 549 g/mol. The van der Waals surface area contributed by atoms with Gasteiger partial charge in [-0.2, -0.15) is 4.31 Å². The molecular formula is C24H25ClN4O3S3. The molecule has 4 aromatic rings. The molecule has 2 aliphatic heterocycles. The molecule has 2 aliphatic rings. The van der Waals surface area contributed by atoms with Crippen LogP contribution in [0.25, 0.3) is 10.2 Å². The van der Waals surface area contributed by atoms with E-state index >= 15 is 0 Å². The van der Waals surface area contributed by atoms with Gasteiger partial charge >= 0.3 is 0 Å². The van der Waals surface area contributed by atoms with Crippen molar-refractivity contribution < 1.29 is 13.2 Å². The number of thiazole rings is 2. The Bertz CT molecular complexity index is 1360. The number of fused-ring (bicyclic) bond motifs is 1. The van der Waals surface area contributed by atoms with Crippen LogP contribution in [0.2, 0.25) is 5.02 Å². The largest absolute Gasteiger partial charge is 0.497 e. The average Bonchev–Trinajstić information content (AvgIpc) is 3.56. The number of halogens is 1. The van der Waals surface area contributed by atoms with Gasteiger partial charge in [0.2, 0.25) is 10.0 Å². The second-order valence-corrected chi connectivity index (χ2v) is 12.9. The fourth-order valence-electron chi connectivity index (χ4n) is 4.51. The lowest BCUT2D eigenvalue weighted by molar-refractivity contribution is 0.115. The highest BCUT2D eigenvalue weighted by Crippen LogP contribution is 2.45. The summed E-state index contributed by atoms with van der Waals surface area (Å²) in [5, 5.41) is 3.68. The van der Waals surface area contributed by atoms with Gasteiger partial charge in [0.05, 0.1) is 27.7 Å². The predicted octanol–water partition coefficient (Wildman–Crippen LogP) is 5.39. The highest BCUT2D eigenvalue weighted by atomic mass is 35.5. The van der Waals surface area contributed by atoms with Crippen LogP contribution >= 0.6 is 34.3 Å². The van der Waals surface area contributed by atoms with Crippen LogP contribution in [0.15, 0.2) is 64.4 Å². The zero-order valence-corrected chi connectivity index (χ0v) is 22.3. The van der Waals surface area contributed by atoms with Crippen molar-refractivity contribution in [2.24, 2.45) is 5.41 Å². The second kappa shape index (κ2) is 10.0. The first-order valence-electron chi connectivity index (χ1n) is 11.2. The molecule has 2 aromatic carbocycles. The fraction of sp³-hybridized carbons (Fsp3) is 0.333. The minimum Gasteiger partial charge on any atom is -0.497 e. The summed E-state index contributed by atoms with van der Waals surface area (Å²) in [5.41, 5.74) is 2.95. The van der Waals surface area contributed by atoms with E-state index in [4.69, 9.17) is 21.3 Å². The molecule has 0 amide bonds. The quantitative estimate of drug-likeness (QED) is 0.340. The molecule has 184 valence electrons. The summed E-state index contributed by atoms with van der Waals surface area (Å²) in [6.07, 6.45) is 3.51. The maximum atomic E-state index is 13.0. The lowest BCUT2D eigenvalue weighted by Crippen LogP contribution is -2.60. The van der Waals surface area contributed by atoms with Crippen LogP contribution in [0.3, 0.4) is 0 Å². The van der Waals surface area contributed by atoms with Crippen LogP contribution < -0.4 is 9.64 Å². The number of piperidine rings is 1. The summed E-state index contributed by atoms with van der Waals surface area (Å²) >= 11 is 9.35. The van der Waals surface area contributed by atoms with Crippen LogP contribution in [-0.2, 0) is 10.0 Å². The molecule has 4 heterocycles. The molecule has 0 atom stereocenters. The van der Waals surface area contributed by atoms with Crippen molar-refractivity contribution in [2.75, 3.05) is 38.2 Å². The first kappa shape index (κ1) is 24.5. The third kappa shape index (κ3) is 5.17. The Morgan fingerprint density at radius 3 is 2.43 bits per heavy atom. The van der Waals surface area contributed by atoms with Crippen molar-refractivity contribution in [3.63, 3.8) is 0 Å². The maximum Gasteiger partial charge on any atom is 0.243 e. The Labute approximate surface area is 218 Å². The molecule has 35 heavy (non-hydrogen) atoms.